The Morgan fingerprint density at radius 3 is 3.00 bits per heavy atom. The molecule has 2 rings (SSSR count). The quantitative estimate of drug-likeness (QED) is 0.679. The molecular weight excluding hydrogens is 162 g/mol. The molecule has 1 heterocycles. The number of nitrogens with one attached hydrogen (secondary N) is 1. The SMILES string of the molecule is N#CCC1CNCCCN1C1CC1. The van der Waals surface area contributed by atoms with Crippen molar-refractivity contribution in [2.75, 3.05) is 19.6 Å². The summed E-state index contributed by atoms with van der Waals surface area (Å²) in [5.74, 6) is 0. The van der Waals surface area contributed by atoms with Crippen LogP contribution in [0.3, 0.4) is 0 Å². The van der Waals surface area contributed by atoms with Gasteiger partial charge in [0.15, 0.2) is 0 Å². The van der Waals surface area contributed by atoms with Crippen molar-refractivity contribution in [1.29, 1.82) is 5.26 Å². The fourth-order valence-corrected chi connectivity index (χ4v) is 2.14. The molecule has 1 N–H and O–H groups in total. The molecule has 1 atom stereocenters. The van der Waals surface area contributed by atoms with Gasteiger partial charge in [0.2, 0.25) is 0 Å². The topological polar surface area (TPSA) is 39.1 Å². The van der Waals surface area contributed by atoms with Crippen LogP contribution in [0.25, 0.3) is 0 Å². The lowest BCUT2D eigenvalue weighted by Crippen LogP contribution is -2.40. The fourth-order valence-electron chi connectivity index (χ4n) is 2.14. The number of nitrogens with zero attached hydrogens (tertiary/aromatic N) is 2. The van der Waals surface area contributed by atoms with Gasteiger partial charge in [0.05, 0.1) is 12.5 Å². The molecule has 3 heteroatoms. The van der Waals surface area contributed by atoms with Crippen LogP contribution in [0.1, 0.15) is 25.7 Å². The van der Waals surface area contributed by atoms with Gasteiger partial charge in [-0.25, -0.2) is 0 Å². The summed E-state index contributed by atoms with van der Waals surface area (Å²) in [5.41, 5.74) is 0. The van der Waals surface area contributed by atoms with Crippen LogP contribution in [0.15, 0.2) is 0 Å². The number of hydrogen-bond acceptors (Lipinski definition) is 3. The van der Waals surface area contributed by atoms with Crippen molar-refractivity contribution >= 4 is 0 Å². The van der Waals surface area contributed by atoms with Crippen molar-refractivity contribution < 1.29 is 0 Å². The smallest absolute Gasteiger partial charge is 0.0638 e. The second-order valence-corrected chi connectivity index (χ2v) is 4.04. The van der Waals surface area contributed by atoms with E-state index >= 15 is 0 Å². The Hall–Kier alpha value is -0.590. The van der Waals surface area contributed by atoms with E-state index in [9.17, 15) is 0 Å². The second kappa shape index (κ2) is 4.08. The van der Waals surface area contributed by atoms with Crippen LogP contribution in [0.2, 0.25) is 0 Å². The molecule has 0 amide bonds. The first-order valence-electron chi connectivity index (χ1n) is 5.25. The van der Waals surface area contributed by atoms with Gasteiger partial charge in [0.25, 0.3) is 0 Å². The van der Waals surface area contributed by atoms with Gasteiger partial charge in [0, 0.05) is 25.2 Å². The van der Waals surface area contributed by atoms with Gasteiger partial charge >= 0.3 is 0 Å². The van der Waals surface area contributed by atoms with Gasteiger partial charge in [-0.15, -0.1) is 0 Å². The average Bonchev–Trinajstić information content (AvgIpc) is 2.88. The highest BCUT2D eigenvalue weighted by Crippen LogP contribution is 2.29. The Kier molecular flexibility index (Phi) is 2.82. The molecule has 0 aromatic carbocycles. The van der Waals surface area contributed by atoms with Gasteiger partial charge in [-0.3, -0.25) is 4.90 Å². The van der Waals surface area contributed by atoms with Crippen molar-refractivity contribution in [1.82, 2.24) is 10.2 Å². The van der Waals surface area contributed by atoms with E-state index in [1.807, 2.05) is 0 Å². The summed E-state index contributed by atoms with van der Waals surface area (Å²) in [6.45, 7) is 3.30. The van der Waals surface area contributed by atoms with Crippen LogP contribution in [0.4, 0.5) is 0 Å². The van der Waals surface area contributed by atoms with Crippen LogP contribution in [0.5, 0.6) is 0 Å². The molecule has 1 aliphatic heterocycles. The Morgan fingerprint density at radius 1 is 1.46 bits per heavy atom. The third kappa shape index (κ3) is 2.20. The van der Waals surface area contributed by atoms with Crippen molar-refractivity contribution in [3.63, 3.8) is 0 Å². The summed E-state index contributed by atoms with van der Waals surface area (Å²) in [4.78, 5) is 2.54. The van der Waals surface area contributed by atoms with E-state index in [2.05, 4.69) is 16.3 Å². The standard InChI is InChI=1S/C10H17N3/c11-5-4-10-8-12-6-1-7-13(10)9-2-3-9/h9-10,12H,1-4,6-8H2. The van der Waals surface area contributed by atoms with Crippen molar-refractivity contribution in [3.8, 4) is 6.07 Å². The molecule has 72 valence electrons. The third-order valence-electron chi connectivity index (χ3n) is 2.96. The predicted octanol–water partition coefficient (Wildman–Crippen LogP) is 0.726. The summed E-state index contributed by atoms with van der Waals surface area (Å²) in [6.07, 6.45) is 4.62. The number of rotatable bonds is 2. The first kappa shape index (κ1) is 8.98. The lowest BCUT2D eigenvalue weighted by atomic mass is 10.2. The van der Waals surface area contributed by atoms with Gasteiger partial charge < -0.3 is 5.32 Å². The molecule has 0 radical (unpaired) electrons. The zero-order valence-corrected chi connectivity index (χ0v) is 8.00. The normalized spacial score (nSPS) is 30.8. The largest absolute Gasteiger partial charge is 0.315 e. The third-order valence-corrected chi connectivity index (χ3v) is 2.96. The van der Waals surface area contributed by atoms with E-state index in [4.69, 9.17) is 5.26 Å². The maximum Gasteiger partial charge on any atom is 0.0638 e. The molecule has 1 saturated carbocycles. The van der Waals surface area contributed by atoms with Gasteiger partial charge in [-0.1, -0.05) is 0 Å². The predicted molar refractivity (Wildman–Crippen MR) is 51.2 cm³/mol. The Bertz CT molecular complexity index is 205. The minimum atomic E-state index is 0.472. The first-order chi connectivity index (χ1) is 6.42. The number of hydrogen-bond donors (Lipinski definition) is 1. The van der Waals surface area contributed by atoms with Gasteiger partial charge in [-0.05, 0) is 25.8 Å². The summed E-state index contributed by atoms with van der Waals surface area (Å²) in [7, 11) is 0. The number of nitriles is 1. The monoisotopic (exact) mass is 179 g/mol. The molecule has 0 aromatic heterocycles. The van der Waals surface area contributed by atoms with Gasteiger partial charge in [0.1, 0.15) is 0 Å². The highest BCUT2D eigenvalue weighted by Gasteiger charge is 2.34. The van der Waals surface area contributed by atoms with Gasteiger partial charge in [-0.2, -0.15) is 5.26 Å². The highest BCUT2D eigenvalue weighted by atomic mass is 15.2. The highest BCUT2D eigenvalue weighted by molar-refractivity contribution is 4.94. The molecule has 3 nitrogen and oxygen atoms in total. The van der Waals surface area contributed by atoms with Crippen LogP contribution >= 0.6 is 0 Å². The summed E-state index contributed by atoms with van der Waals surface area (Å²) in [5, 5.41) is 12.1. The van der Waals surface area contributed by atoms with Crippen LogP contribution in [-0.4, -0.2) is 36.6 Å². The molecule has 0 aromatic rings. The zero-order valence-electron chi connectivity index (χ0n) is 8.00. The van der Waals surface area contributed by atoms with E-state index in [0.29, 0.717) is 12.5 Å². The first-order valence-corrected chi connectivity index (χ1v) is 5.25. The Balaban J connectivity index is 1.95. The molecule has 0 bridgehead atoms. The molecule has 13 heavy (non-hydrogen) atoms. The Labute approximate surface area is 79.7 Å². The lowest BCUT2D eigenvalue weighted by Gasteiger charge is -2.27. The van der Waals surface area contributed by atoms with E-state index < -0.39 is 0 Å². The molecule has 2 fully saturated rings. The van der Waals surface area contributed by atoms with E-state index in [-0.39, 0.29) is 0 Å². The summed E-state index contributed by atoms with van der Waals surface area (Å²) >= 11 is 0. The molecule has 1 aliphatic carbocycles. The van der Waals surface area contributed by atoms with Crippen LogP contribution in [0, 0.1) is 11.3 Å². The van der Waals surface area contributed by atoms with Crippen molar-refractivity contribution in [3.05, 3.63) is 0 Å². The minimum absolute atomic E-state index is 0.472. The molecule has 2 aliphatic rings. The Morgan fingerprint density at radius 2 is 2.31 bits per heavy atom. The lowest BCUT2D eigenvalue weighted by molar-refractivity contribution is 0.201. The molecule has 1 unspecified atom stereocenters. The van der Waals surface area contributed by atoms with Crippen LogP contribution in [-0.2, 0) is 0 Å². The average molecular weight is 179 g/mol. The second-order valence-electron chi connectivity index (χ2n) is 4.04. The molecular formula is C10H17N3. The van der Waals surface area contributed by atoms with E-state index in [1.54, 1.807) is 0 Å². The molecule has 1 saturated heterocycles. The van der Waals surface area contributed by atoms with Crippen LogP contribution < -0.4 is 5.32 Å². The summed E-state index contributed by atoms with van der Waals surface area (Å²) in [6, 6.07) is 3.57. The maximum absolute atomic E-state index is 8.73. The van der Waals surface area contributed by atoms with Crippen molar-refractivity contribution in [2.45, 2.75) is 37.8 Å². The van der Waals surface area contributed by atoms with E-state index in [1.165, 1.54) is 25.8 Å². The minimum Gasteiger partial charge on any atom is -0.315 e. The van der Waals surface area contributed by atoms with E-state index in [0.717, 1.165) is 19.1 Å². The van der Waals surface area contributed by atoms with Crippen molar-refractivity contribution in [2.24, 2.45) is 0 Å². The summed E-state index contributed by atoms with van der Waals surface area (Å²) < 4.78 is 0. The molecule has 0 spiro atoms. The fraction of sp³-hybridized carbons (Fsp3) is 0.900. The zero-order chi connectivity index (χ0) is 9.10. The maximum atomic E-state index is 8.73.